The van der Waals surface area contributed by atoms with Gasteiger partial charge in [-0.1, -0.05) is 12.6 Å². The van der Waals surface area contributed by atoms with Gasteiger partial charge in [-0.3, -0.25) is 4.79 Å². The standard InChI is InChI=1S/C25H31N7O2/c1-18(28-19-5-6-20(33)17-19)29-24(7-10-26)32-12-9-21-22(3-2-4-23(21)32)30-13-15-31(16-14-30)25(34)8-11-27/h2-4,7,9-10,12,19-20,28,33H,1,5-6,8,13-17,26H2/b10-7-,29-24+/t19-,20-/m1/s1. The molecule has 9 heteroatoms. The number of aliphatic imine (C=N–C) groups is 1. The van der Waals surface area contributed by atoms with Crippen molar-refractivity contribution < 1.29 is 9.90 Å². The molecule has 1 amide bonds. The van der Waals surface area contributed by atoms with Gasteiger partial charge in [-0.15, -0.1) is 0 Å². The minimum Gasteiger partial charge on any atom is -0.404 e. The van der Waals surface area contributed by atoms with E-state index in [1.807, 2.05) is 29.0 Å². The molecule has 1 saturated heterocycles. The minimum absolute atomic E-state index is 0.0727. The maximum absolute atomic E-state index is 12.0. The maximum atomic E-state index is 12.0. The normalized spacial score (nSPS) is 21.2. The number of anilines is 1. The summed E-state index contributed by atoms with van der Waals surface area (Å²) in [5, 5.41) is 22.9. The Bertz CT molecular complexity index is 1150. The van der Waals surface area contributed by atoms with Gasteiger partial charge in [0.2, 0.25) is 5.91 Å². The van der Waals surface area contributed by atoms with Crippen LogP contribution in [-0.4, -0.2) is 64.6 Å². The second kappa shape index (κ2) is 10.4. The van der Waals surface area contributed by atoms with Crippen LogP contribution in [0.15, 0.2) is 60.1 Å². The van der Waals surface area contributed by atoms with E-state index in [2.05, 4.69) is 33.9 Å². The molecule has 2 fully saturated rings. The van der Waals surface area contributed by atoms with E-state index < -0.39 is 0 Å². The van der Waals surface area contributed by atoms with Gasteiger partial charge in [-0.25, -0.2) is 4.99 Å². The zero-order valence-electron chi connectivity index (χ0n) is 19.2. The van der Waals surface area contributed by atoms with Gasteiger partial charge in [0.05, 0.1) is 17.7 Å². The van der Waals surface area contributed by atoms with Crippen LogP contribution in [0.2, 0.25) is 0 Å². The Morgan fingerprint density at radius 1 is 1.29 bits per heavy atom. The third-order valence-electron chi connectivity index (χ3n) is 6.43. The summed E-state index contributed by atoms with van der Waals surface area (Å²) in [5.41, 5.74) is 7.81. The van der Waals surface area contributed by atoms with Crippen LogP contribution in [0.4, 0.5) is 5.69 Å². The average molecular weight is 462 g/mol. The first kappa shape index (κ1) is 23.4. The molecule has 1 aliphatic heterocycles. The summed E-state index contributed by atoms with van der Waals surface area (Å²) in [6.45, 7) is 6.66. The third-order valence-corrected chi connectivity index (χ3v) is 6.43. The van der Waals surface area contributed by atoms with Gasteiger partial charge in [0, 0.05) is 49.5 Å². The lowest BCUT2D eigenvalue weighted by Crippen LogP contribution is -2.48. The van der Waals surface area contributed by atoms with Crippen LogP contribution in [0.3, 0.4) is 0 Å². The van der Waals surface area contributed by atoms with E-state index >= 15 is 0 Å². The number of nitrogens with one attached hydrogen (secondary N) is 1. The number of nitriles is 1. The lowest BCUT2D eigenvalue weighted by Gasteiger charge is -2.36. The predicted molar refractivity (Wildman–Crippen MR) is 133 cm³/mol. The van der Waals surface area contributed by atoms with Crippen LogP contribution < -0.4 is 16.0 Å². The number of piperazine rings is 1. The third kappa shape index (κ3) is 5.07. The number of carbonyl (C=O) groups excluding carboxylic acids is 1. The molecule has 0 unspecified atom stereocenters. The fraction of sp³-hybridized carbons (Fsp3) is 0.400. The highest BCUT2D eigenvalue weighted by molar-refractivity contribution is 6.04. The van der Waals surface area contributed by atoms with Crippen molar-refractivity contribution in [2.24, 2.45) is 10.7 Å². The highest BCUT2D eigenvalue weighted by Crippen LogP contribution is 2.29. The summed E-state index contributed by atoms with van der Waals surface area (Å²) in [6, 6.07) is 10.3. The number of hydrogen-bond acceptors (Lipinski definition) is 7. The number of nitrogens with two attached hydrogens (primary N) is 1. The summed E-state index contributed by atoms with van der Waals surface area (Å²) in [6.07, 6.45) is 7.19. The van der Waals surface area contributed by atoms with Gasteiger partial charge in [-0.2, -0.15) is 5.26 Å². The summed E-state index contributed by atoms with van der Waals surface area (Å²) >= 11 is 0. The first-order chi connectivity index (χ1) is 16.5. The quantitative estimate of drug-likeness (QED) is 0.446. The second-order valence-electron chi connectivity index (χ2n) is 8.68. The maximum Gasteiger partial charge on any atom is 0.236 e. The number of aliphatic hydroxyl groups is 1. The summed E-state index contributed by atoms with van der Waals surface area (Å²) in [5.74, 6) is 1.06. The van der Waals surface area contributed by atoms with Crippen LogP contribution in [0.25, 0.3) is 10.9 Å². The molecular weight excluding hydrogens is 430 g/mol. The predicted octanol–water partition coefficient (Wildman–Crippen LogP) is 1.90. The first-order valence-electron chi connectivity index (χ1n) is 11.6. The molecule has 1 aliphatic carbocycles. The topological polar surface area (TPSA) is 123 Å². The zero-order valence-corrected chi connectivity index (χ0v) is 19.2. The molecule has 4 rings (SSSR count). The molecule has 0 spiro atoms. The van der Waals surface area contributed by atoms with Crippen molar-refractivity contribution in [1.82, 2.24) is 14.8 Å². The van der Waals surface area contributed by atoms with E-state index in [-0.39, 0.29) is 24.5 Å². The molecule has 2 heterocycles. The van der Waals surface area contributed by atoms with Crippen molar-refractivity contribution in [3.63, 3.8) is 0 Å². The molecule has 1 aromatic heterocycles. The van der Waals surface area contributed by atoms with Gasteiger partial charge >= 0.3 is 0 Å². The number of rotatable bonds is 6. The number of nitrogens with zero attached hydrogens (tertiary/aromatic N) is 5. The minimum atomic E-state index is -0.268. The van der Waals surface area contributed by atoms with Crippen molar-refractivity contribution in [1.29, 1.82) is 5.26 Å². The molecule has 34 heavy (non-hydrogen) atoms. The molecule has 0 radical (unpaired) electrons. The van der Waals surface area contributed by atoms with Gasteiger partial charge < -0.3 is 30.5 Å². The molecular formula is C25H31N7O2. The van der Waals surface area contributed by atoms with Gasteiger partial charge in [0.25, 0.3) is 0 Å². The van der Waals surface area contributed by atoms with Crippen molar-refractivity contribution >= 4 is 28.3 Å². The Hall–Kier alpha value is -3.77. The fourth-order valence-corrected chi connectivity index (χ4v) is 4.76. The van der Waals surface area contributed by atoms with Crippen molar-refractivity contribution in [2.45, 2.75) is 37.8 Å². The van der Waals surface area contributed by atoms with Crippen LogP contribution >= 0.6 is 0 Å². The van der Waals surface area contributed by atoms with Gasteiger partial charge in [-0.05, 0) is 49.7 Å². The number of allylic oxidation sites excluding steroid dienone is 1. The van der Waals surface area contributed by atoms with Gasteiger partial charge in [0.1, 0.15) is 18.1 Å². The van der Waals surface area contributed by atoms with Crippen molar-refractivity contribution in [3.05, 3.63) is 55.1 Å². The number of aliphatic hydroxyl groups excluding tert-OH is 1. The summed E-state index contributed by atoms with van der Waals surface area (Å²) in [7, 11) is 0. The molecule has 0 bridgehead atoms. The average Bonchev–Trinajstić information content (AvgIpc) is 3.45. The van der Waals surface area contributed by atoms with Crippen molar-refractivity contribution in [3.8, 4) is 6.07 Å². The SMILES string of the molecule is C=C(/N=C(\C=C/N)n1ccc2c(N3CCN(C(=O)CC#N)CC3)cccc21)N[C@@H]1CC[C@@H](O)C1. The van der Waals surface area contributed by atoms with Crippen LogP contribution in [-0.2, 0) is 4.79 Å². The Kier molecular flexibility index (Phi) is 7.18. The highest BCUT2D eigenvalue weighted by atomic mass is 16.3. The Labute approximate surface area is 199 Å². The van der Waals surface area contributed by atoms with E-state index in [9.17, 15) is 9.90 Å². The molecule has 2 atom stereocenters. The van der Waals surface area contributed by atoms with Crippen LogP contribution in [0.5, 0.6) is 0 Å². The van der Waals surface area contributed by atoms with Crippen LogP contribution in [0.1, 0.15) is 25.7 Å². The first-order valence-corrected chi connectivity index (χ1v) is 11.6. The molecule has 1 saturated carbocycles. The van der Waals surface area contributed by atoms with E-state index in [4.69, 9.17) is 11.0 Å². The molecule has 9 nitrogen and oxygen atoms in total. The number of benzene rings is 1. The molecule has 1 aromatic carbocycles. The molecule has 2 aliphatic rings. The lowest BCUT2D eigenvalue weighted by molar-refractivity contribution is -0.130. The van der Waals surface area contributed by atoms with Gasteiger partial charge in [0.15, 0.2) is 0 Å². The molecule has 178 valence electrons. The number of carbonyl (C=O) groups is 1. The molecule has 4 N–H and O–H groups in total. The van der Waals surface area contributed by atoms with E-state index in [1.54, 1.807) is 11.0 Å². The number of fused-ring (bicyclic) bond motifs is 1. The molecule has 2 aromatic rings. The zero-order chi connectivity index (χ0) is 24.1. The Balaban J connectivity index is 1.55. The summed E-state index contributed by atoms with van der Waals surface area (Å²) in [4.78, 5) is 20.7. The number of amides is 1. The van der Waals surface area contributed by atoms with Crippen LogP contribution in [0, 0.1) is 11.3 Å². The fourth-order valence-electron chi connectivity index (χ4n) is 4.76. The monoisotopic (exact) mass is 461 g/mol. The van der Waals surface area contributed by atoms with Crippen molar-refractivity contribution in [2.75, 3.05) is 31.1 Å². The van der Waals surface area contributed by atoms with E-state index in [0.29, 0.717) is 44.3 Å². The Morgan fingerprint density at radius 2 is 2.09 bits per heavy atom. The summed E-state index contributed by atoms with van der Waals surface area (Å²) < 4.78 is 1.98. The highest BCUT2D eigenvalue weighted by Gasteiger charge is 2.24. The van der Waals surface area contributed by atoms with E-state index in [0.717, 1.165) is 29.4 Å². The number of hydrogen-bond donors (Lipinski definition) is 3. The largest absolute Gasteiger partial charge is 0.404 e. The Morgan fingerprint density at radius 3 is 2.76 bits per heavy atom. The number of aromatic nitrogens is 1. The lowest BCUT2D eigenvalue weighted by atomic mass is 10.1. The van der Waals surface area contributed by atoms with E-state index in [1.165, 1.54) is 6.20 Å². The second-order valence-corrected chi connectivity index (χ2v) is 8.68. The smallest absolute Gasteiger partial charge is 0.236 e.